The van der Waals surface area contributed by atoms with Crippen molar-refractivity contribution in [2.24, 2.45) is 11.8 Å². The first-order chi connectivity index (χ1) is 18.0. The molecule has 6 heteroatoms. The molecular formula is C31H31FN2O2S. The fourth-order valence-corrected chi connectivity index (χ4v) is 9.10. The van der Waals surface area contributed by atoms with Gasteiger partial charge in [-0.15, -0.1) is 11.3 Å². The topological polar surface area (TPSA) is 44.1 Å². The van der Waals surface area contributed by atoms with E-state index in [4.69, 9.17) is 9.72 Å². The van der Waals surface area contributed by atoms with Crippen LogP contribution in [0.25, 0.3) is 10.2 Å². The zero-order valence-corrected chi connectivity index (χ0v) is 22.1. The largest absolute Gasteiger partial charge is 0.497 e. The van der Waals surface area contributed by atoms with Crippen LogP contribution in [0, 0.1) is 17.7 Å². The number of aromatic nitrogens is 2. The lowest BCUT2D eigenvalue weighted by atomic mass is 9.55. The lowest BCUT2D eigenvalue weighted by molar-refractivity contribution is 0.106. The first kappa shape index (κ1) is 23.2. The third kappa shape index (κ3) is 3.52. The highest BCUT2D eigenvalue weighted by Crippen LogP contribution is 2.62. The lowest BCUT2D eigenvalue weighted by Crippen LogP contribution is -2.43. The average molecular weight is 515 g/mol. The van der Waals surface area contributed by atoms with Crippen LogP contribution in [0.4, 0.5) is 4.39 Å². The SMILES string of the molecule is COc1ccc2c(c1)CC[C@@H]1[C@H]3Cc4sc5ncn(CCc6ccc(F)cc6)c(=O)c5c4[C@]3(C)CC[C@@H]21. The van der Waals surface area contributed by atoms with E-state index < -0.39 is 0 Å². The molecule has 4 aromatic rings. The first-order valence-corrected chi connectivity index (χ1v) is 14.2. The number of rotatable bonds is 4. The summed E-state index contributed by atoms with van der Waals surface area (Å²) in [6, 6.07) is 13.2. The second kappa shape index (κ2) is 8.52. The maximum atomic E-state index is 13.8. The molecule has 0 aliphatic heterocycles. The van der Waals surface area contributed by atoms with Crippen LogP contribution in [0.3, 0.4) is 0 Å². The molecule has 37 heavy (non-hydrogen) atoms. The smallest absolute Gasteiger partial charge is 0.262 e. The molecule has 4 nitrogen and oxygen atoms in total. The van der Waals surface area contributed by atoms with Crippen molar-refractivity contribution in [3.8, 4) is 5.75 Å². The Morgan fingerprint density at radius 1 is 1.19 bits per heavy atom. The van der Waals surface area contributed by atoms with Gasteiger partial charge >= 0.3 is 0 Å². The monoisotopic (exact) mass is 514 g/mol. The van der Waals surface area contributed by atoms with E-state index in [1.807, 2.05) is 0 Å². The molecule has 7 rings (SSSR count). The number of fused-ring (bicyclic) bond motifs is 9. The van der Waals surface area contributed by atoms with E-state index in [9.17, 15) is 9.18 Å². The second-order valence-corrected chi connectivity index (χ2v) is 12.4. The quantitative estimate of drug-likeness (QED) is 0.316. The fourth-order valence-electron chi connectivity index (χ4n) is 7.77. The highest BCUT2D eigenvalue weighted by Gasteiger charge is 2.54. The van der Waals surface area contributed by atoms with E-state index in [-0.39, 0.29) is 16.8 Å². The van der Waals surface area contributed by atoms with E-state index in [0.717, 1.165) is 47.2 Å². The zero-order chi connectivity index (χ0) is 25.3. The number of nitrogens with zero attached hydrogens (tertiary/aromatic N) is 2. The normalized spacial score (nSPS) is 25.9. The molecule has 0 bridgehead atoms. The summed E-state index contributed by atoms with van der Waals surface area (Å²) in [6.07, 6.45) is 8.01. The molecule has 0 saturated heterocycles. The Morgan fingerprint density at radius 3 is 2.84 bits per heavy atom. The van der Waals surface area contributed by atoms with Crippen LogP contribution in [0.1, 0.15) is 59.2 Å². The van der Waals surface area contributed by atoms with Gasteiger partial charge in [-0.2, -0.15) is 0 Å². The maximum Gasteiger partial charge on any atom is 0.262 e. The van der Waals surface area contributed by atoms with Crippen molar-refractivity contribution >= 4 is 21.6 Å². The van der Waals surface area contributed by atoms with Crippen molar-refractivity contribution in [3.63, 3.8) is 0 Å². The summed E-state index contributed by atoms with van der Waals surface area (Å²) in [5.74, 6) is 2.52. The van der Waals surface area contributed by atoms with Gasteiger partial charge in [0.1, 0.15) is 16.4 Å². The lowest BCUT2D eigenvalue weighted by Gasteiger charge is -2.49. The molecule has 0 unspecified atom stereocenters. The molecule has 3 aliphatic rings. The van der Waals surface area contributed by atoms with Crippen molar-refractivity contribution in [1.82, 2.24) is 9.55 Å². The molecule has 0 N–H and O–H groups in total. The Balaban J connectivity index is 1.22. The molecule has 0 amide bonds. The molecule has 2 aromatic carbocycles. The predicted molar refractivity (Wildman–Crippen MR) is 145 cm³/mol. The highest BCUT2D eigenvalue weighted by molar-refractivity contribution is 7.18. The van der Waals surface area contributed by atoms with Gasteiger partial charge in [-0.1, -0.05) is 25.1 Å². The predicted octanol–water partition coefficient (Wildman–Crippen LogP) is 6.42. The van der Waals surface area contributed by atoms with Gasteiger partial charge < -0.3 is 4.74 Å². The molecule has 4 atom stereocenters. The number of methoxy groups -OCH3 is 1. The third-order valence-corrected chi connectivity index (χ3v) is 10.7. The maximum absolute atomic E-state index is 13.8. The van der Waals surface area contributed by atoms with Gasteiger partial charge in [0.05, 0.1) is 18.8 Å². The van der Waals surface area contributed by atoms with Gasteiger partial charge in [0.2, 0.25) is 0 Å². The van der Waals surface area contributed by atoms with E-state index >= 15 is 0 Å². The standard InChI is InChI=1S/C31H31FN2O2S/c1-31-13-11-23-22-10-8-21(36-2)15-19(22)5-9-24(23)25(31)16-26-28(31)27-29(37-26)33-17-34(30(27)35)14-12-18-3-6-20(32)7-4-18/h3-4,6-8,10,15,17,23-25H,5,9,11-14,16H2,1-2H3/t23-,24-,25+,31+/m0/s1. The Kier molecular flexibility index (Phi) is 5.33. The van der Waals surface area contributed by atoms with Crippen LogP contribution < -0.4 is 10.3 Å². The summed E-state index contributed by atoms with van der Waals surface area (Å²) in [5, 5.41) is 0.853. The van der Waals surface area contributed by atoms with Crippen molar-refractivity contribution in [2.75, 3.05) is 7.11 Å². The molecule has 1 saturated carbocycles. The van der Waals surface area contributed by atoms with Gasteiger partial charge in [0.15, 0.2) is 0 Å². The van der Waals surface area contributed by atoms with Gasteiger partial charge in [-0.25, -0.2) is 9.37 Å². The Morgan fingerprint density at radius 2 is 2.03 bits per heavy atom. The van der Waals surface area contributed by atoms with Gasteiger partial charge in [0, 0.05) is 11.4 Å². The van der Waals surface area contributed by atoms with Crippen molar-refractivity contribution in [1.29, 1.82) is 0 Å². The van der Waals surface area contributed by atoms with Crippen LogP contribution in [0.2, 0.25) is 0 Å². The molecule has 1 fully saturated rings. The summed E-state index contributed by atoms with van der Waals surface area (Å²) in [7, 11) is 1.74. The van der Waals surface area contributed by atoms with Crippen LogP contribution in [-0.2, 0) is 31.2 Å². The number of thiophene rings is 1. The number of aryl methyl sites for hydroxylation is 3. The number of benzene rings is 2. The summed E-state index contributed by atoms with van der Waals surface area (Å²) in [5.41, 5.74) is 5.39. The summed E-state index contributed by atoms with van der Waals surface area (Å²) in [4.78, 5) is 20.8. The van der Waals surface area contributed by atoms with E-state index in [0.29, 0.717) is 30.7 Å². The fraction of sp³-hybridized carbons (Fsp3) is 0.419. The third-order valence-electron chi connectivity index (χ3n) is 9.61. The second-order valence-electron chi connectivity index (χ2n) is 11.3. The van der Waals surface area contributed by atoms with E-state index in [1.54, 1.807) is 41.5 Å². The highest BCUT2D eigenvalue weighted by atomic mass is 32.1. The number of ether oxygens (including phenoxy) is 1. The molecule has 0 spiro atoms. The number of hydrogen-bond acceptors (Lipinski definition) is 4. The first-order valence-electron chi connectivity index (χ1n) is 13.4. The Labute approximate surface area is 220 Å². The van der Waals surface area contributed by atoms with E-state index in [1.165, 1.54) is 40.1 Å². The molecule has 2 aromatic heterocycles. The molecule has 190 valence electrons. The van der Waals surface area contributed by atoms with Crippen molar-refractivity contribution in [3.05, 3.63) is 92.1 Å². The minimum absolute atomic E-state index is 0.0235. The van der Waals surface area contributed by atoms with Gasteiger partial charge in [0.25, 0.3) is 5.56 Å². The van der Waals surface area contributed by atoms with Crippen LogP contribution in [0.15, 0.2) is 53.6 Å². The summed E-state index contributed by atoms with van der Waals surface area (Å²) < 4.78 is 20.5. The van der Waals surface area contributed by atoms with Gasteiger partial charge in [-0.3, -0.25) is 9.36 Å². The Bertz CT molecular complexity index is 1570. The number of hydrogen-bond donors (Lipinski definition) is 0. The molecule has 0 radical (unpaired) electrons. The molecule has 3 aliphatic carbocycles. The minimum Gasteiger partial charge on any atom is -0.497 e. The molecule has 2 heterocycles. The minimum atomic E-state index is -0.239. The van der Waals surface area contributed by atoms with Crippen molar-refractivity contribution in [2.45, 2.75) is 63.3 Å². The van der Waals surface area contributed by atoms with E-state index in [2.05, 4.69) is 25.1 Å². The van der Waals surface area contributed by atoms with Crippen molar-refractivity contribution < 1.29 is 9.13 Å². The molecular weight excluding hydrogens is 483 g/mol. The van der Waals surface area contributed by atoms with Gasteiger partial charge in [-0.05, 0) is 108 Å². The number of halogens is 1. The summed E-state index contributed by atoms with van der Waals surface area (Å²) in [6.45, 7) is 2.97. The zero-order valence-electron chi connectivity index (χ0n) is 21.3. The van der Waals surface area contributed by atoms with Crippen LogP contribution >= 0.6 is 11.3 Å². The summed E-state index contributed by atoms with van der Waals surface area (Å²) >= 11 is 1.74. The van der Waals surface area contributed by atoms with Crippen LogP contribution in [-0.4, -0.2) is 16.7 Å². The average Bonchev–Trinajstić information content (AvgIpc) is 3.43. The van der Waals surface area contributed by atoms with Crippen LogP contribution in [0.5, 0.6) is 5.75 Å². The Hall–Kier alpha value is -2.99.